The molecular weight excluding hydrogens is 367 g/mol. The fourth-order valence-corrected chi connectivity index (χ4v) is 3.70. The number of pyridine rings is 1. The third kappa shape index (κ3) is 5.50. The Balaban J connectivity index is 1.48. The van der Waals surface area contributed by atoms with E-state index in [4.69, 9.17) is 4.74 Å². The molecule has 0 atom stereocenters. The lowest BCUT2D eigenvalue weighted by Gasteiger charge is -2.30. The molecule has 0 N–H and O–H groups in total. The van der Waals surface area contributed by atoms with Gasteiger partial charge in [0.15, 0.2) is 0 Å². The lowest BCUT2D eigenvalue weighted by Crippen LogP contribution is -2.41. The predicted molar refractivity (Wildman–Crippen MR) is 111 cm³/mol. The molecule has 1 aliphatic rings. The third-order valence-corrected chi connectivity index (χ3v) is 5.29. The highest BCUT2D eigenvalue weighted by Crippen LogP contribution is 2.17. The van der Waals surface area contributed by atoms with E-state index in [0.29, 0.717) is 0 Å². The van der Waals surface area contributed by atoms with Crippen LogP contribution in [0.5, 0.6) is 0 Å². The molecule has 3 heterocycles. The van der Waals surface area contributed by atoms with E-state index in [2.05, 4.69) is 31.5 Å². The summed E-state index contributed by atoms with van der Waals surface area (Å²) in [6, 6.07) is 14.9. The highest BCUT2D eigenvalue weighted by molar-refractivity contribution is 5.35. The van der Waals surface area contributed by atoms with Crippen LogP contribution < -0.4 is 0 Å². The minimum absolute atomic E-state index is 0.217. The molecule has 29 heavy (non-hydrogen) atoms. The Morgan fingerprint density at radius 2 is 1.83 bits per heavy atom. The van der Waals surface area contributed by atoms with Crippen molar-refractivity contribution in [3.05, 3.63) is 84.2 Å². The summed E-state index contributed by atoms with van der Waals surface area (Å²) < 4.78 is 20.9. The summed E-state index contributed by atoms with van der Waals surface area (Å²) in [7, 11) is 0. The van der Waals surface area contributed by atoms with E-state index in [9.17, 15) is 4.39 Å². The van der Waals surface area contributed by atoms with Crippen LogP contribution in [0.3, 0.4) is 0 Å². The van der Waals surface area contributed by atoms with Gasteiger partial charge in [0.25, 0.3) is 0 Å². The largest absolute Gasteiger partial charge is 0.379 e. The number of ether oxygens (including phenoxy) is 1. The van der Waals surface area contributed by atoms with Gasteiger partial charge in [-0.1, -0.05) is 6.07 Å². The molecule has 3 aromatic rings. The first-order chi connectivity index (χ1) is 14.3. The molecule has 0 amide bonds. The molecule has 1 saturated heterocycles. The zero-order valence-electron chi connectivity index (χ0n) is 16.6. The zero-order valence-corrected chi connectivity index (χ0v) is 16.6. The third-order valence-electron chi connectivity index (χ3n) is 5.29. The Labute approximate surface area is 171 Å². The molecule has 4 rings (SSSR count). The second-order valence-corrected chi connectivity index (χ2v) is 7.37. The van der Waals surface area contributed by atoms with Crippen LogP contribution in [-0.4, -0.2) is 58.7 Å². The molecule has 0 aliphatic carbocycles. The molecule has 5 nitrogen and oxygen atoms in total. The van der Waals surface area contributed by atoms with Gasteiger partial charge in [-0.2, -0.15) is 0 Å². The van der Waals surface area contributed by atoms with Gasteiger partial charge in [0.05, 0.1) is 13.2 Å². The maximum absolute atomic E-state index is 13.3. The van der Waals surface area contributed by atoms with Crippen LogP contribution in [0.15, 0.2) is 67.1 Å². The molecule has 2 aromatic heterocycles. The van der Waals surface area contributed by atoms with Gasteiger partial charge in [-0.05, 0) is 48.0 Å². The Morgan fingerprint density at radius 3 is 2.59 bits per heavy atom. The quantitative estimate of drug-likeness (QED) is 0.587. The fourth-order valence-electron chi connectivity index (χ4n) is 3.70. The lowest BCUT2D eigenvalue weighted by atomic mass is 10.2. The van der Waals surface area contributed by atoms with E-state index < -0.39 is 0 Å². The van der Waals surface area contributed by atoms with Crippen LogP contribution in [0.25, 0.3) is 5.69 Å². The van der Waals surface area contributed by atoms with Gasteiger partial charge in [-0.3, -0.25) is 14.8 Å². The van der Waals surface area contributed by atoms with Gasteiger partial charge in [0.2, 0.25) is 0 Å². The van der Waals surface area contributed by atoms with Crippen LogP contribution in [-0.2, 0) is 17.8 Å². The standard InChI is InChI=1S/C23H27FN4O/c24-21-5-7-22(8-6-21)28-10-2-4-23(28)19-27(18-20-3-1-9-25-17-20)12-11-26-13-15-29-16-14-26/h1-10,17H,11-16,18-19H2. The molecular formula is C23H27FN4O. The molecule has 1 fully saturated rings. The van der Waals surface area contributed by atoms with E-state index in [1.807, 2.05) is 36.7 Å². The first kappa shape index (κ1) is 19.8. The van der Waals surface area contributed by atoms with Gasteiger partial charge in [0.1, 0.15) is 5.82 Å². The van der Waals surface area contributed by atoms with E-state index in [1.54, 1.807) is 6.20 Å². The Morgan fingerprint density at radius 1 is 1.00 bits per heavy atom. The van der Waals surface area contributed by atoms with Gasteiger partial charge < -0.3 is 9.30 Å². The average molecular weight is 394 g/mol. The number of hydrogen-bond donors (Lipinski definition) is 0. The SMILES string of the molecule is Fc1ccc(-n2cccc2CN(CCN2CCOCC2)Cc2cccnc2)cc1. The van der Waals surface area contributed by atoms with Gasteiger partial charge in [-0.25, -0.2) is 4.39 Å². The lowest BCUT2D eigenvalue weighted by molar-refractivity contribution is 0.0324. The van der Waals surface area contributed by atoms with E-state index >= 15 is 0 Å². The number of benzene rings is 1. The van der Waals surface area contributed by atoms with Crippen molar-refractivity contribution in [2.75, 3.05) is 39.4 Å². The van der Waals surface area contributed by atoms with Crippen LogP contribution in [0.4, 0.5) is 4.39 Å². The summed E-state index contributed by atoms with van der Waals surface area (Å²) in [4.78, 5) is 9.17. The molecule has 0 saturated carbocycles. The number of hydrogen-bond acceptors (Lipinski definition) is 4. The summed E-state index contributed by atoms with van der Waals surface area (Å²) >= 11 is 0. The van der Waals surface area contributed by atoms with Crippen molar-refractivity contribution < 1.29 is 9.13 Å². The van der Waals surface area contributed by atoms with Crippen LogP contribution in [0.2, 0.25) is 0 Å². The first-order valence-corrected chi connectivity index (χ1v) is 10.1. The molecule has 0 spiro atoms. The van der Waals surface area contributed by atoms with Crippen molar-refractivity contribution in [1.82, 2.24) is 19.4 Å². The van der Waals surface area contributed by atoms with Crippen molar-refractivity contribution in [3.63, 3.8) is 0 Å². The molecule has 6 heteroatoms. The van der Waals surface area contributed by atoms with E-state index in [-0.39, 0.29) is 5.82 Å². The second-order valence-electron chi connectivity index (χ2n) is 7.37. The predicted octanol–water partition coefficient (Wildman–Crippen LogP) is 3.35. The second kappa shape index (κ2) is 9.78. The highest BCUT2D eigenvalue weighted by Gasteiger charge is 2.15. The summed E-state index contributed by atoms with van der Waals surface area (Å²) in [5, 5.41) is 0. The topological polar surface area (TPSA) is 33.5 Å². The van der Waals surface area contributed by atoms with E-state index in [1.165, 1.54) is 23.4 Å². The van der Waals surface area contributed by atoms with Crippen LogP contribution >= 0.6 is 0 Å². The first-order valence-electron chi connectivity index (χ1n) is 10.1. The fraction of sp³-hybridized carbons (Fsp3) is 0.348. The molecule has 1 aromatic carbocycles. The molecule has 152 valence electrons. The normalized spacial score (nSPS) is 15.1. The monoisotopic (exact) mass is 394 g/mol. The van der Waals surface area contributed by atoms with Crippen molar-refractivity contribution >= 4 is 0 Å². The Kier molecular flexibility index (Phi) is 6.67. The number of nitrogens with zero attached hydrogens (tertiary/aromatic N) is 4. The van der Waals surface area contributed by atoms with Crippen molar-refractivity contribution in [3.8, 4) is 5.69 Å². The smallest absolute Gasteiger partial charge is 0.123 e. The number of halogens is 1. The van der Waals surface area contributed by atoms with Crippen molar-refractivity contribution in [1.29, 1.82) is 0 Å². The number of morpholine rings is 1. The maximum Gasteiger partial charge on any atom is 0.123 e. The Bertz CT molecular complexity index is 875. The molecule has 1 aliphatic heterocycles. The summed E-state index contributed by atoms with van der Waals surface area (Å²) in [5.41, 5.74) is 3.36. The van der Waals surface area contributed by atoms with E-state index in [0.717, 1.165) is 58.2 Å². The average Bonchev–Trinajstić information content (AvgIpc) is 3.22. The van der Waals surface area contributed by atoms with Crippen LogP contribution in [0, 0.1) is 5.82 Å². The maximum atomic E-state index is 13.3. The number of aromatic nitrogens is 2. The number of rotatable bonds is 8. The Hall–Kier alpha value is -2.54. The summed E-state index contributed by atoms with van der Waals surface area (Å²) in [6.07, 6.45) is 5.77. The van der Waals surface area contributed by atoms with Crippen molar-refractivity contribution in [2.24, 2.45) is 0 Å². The molecule has 0 radical (unpaired) electrons. The van der Waals surface area contributed by atoms with Gasteiger partial charge in [0, 0.05) is 69.2 Å². The summed E-state index contributed by atoms with van der Waals surface area (Å²) in [6.45, 7) is 7.24. The highest BCUT2D eigenvalue weighted by atomic mass is 19.1. The molecule has 0 unspecified atom stereocenters. The van der Waals surface area contributed by atoms with Gasteiger partial charge in [-0.15, -0.1) is 0 Å². The minimum Gasteiger partial charge on any atom is -0.379 e. The molecule has 0 bridgehead atoms. The van der Waals surface area contributed by atoms with Crippen molar-refractivity contribution in [2.45, 2.75) is 13.1 Å². The zero-order chi connectivity index (χ0) is 19.9. The summed E-state index contributed by atoms with van der Waals surface area (Å²) in [5.74, 6) is -0.217. The van der Waals surface area contributed by atoms with Gasteiger partial charge >= 0.3 is 0 Å². The minimum atomic E-state index is -0.217. The van der Waals surface area contributed by atoms with Crippen LogP contribution in [0.1, 0.15) is 11.3 Å².